The van der Waals surface area contributed by atoms with Gasteiger partial charge in [0.15, 0.2) is 0 Å². The second-order valence-electron chi connectivity index (χ2n) is 15.7. The van der Waals surface area contributed by atoms with E-state index in [9.17, 15) is 0 Å². The lowest BCUT2D eigenvalue weighted by atomic mass is 9.93. The molecule has 286 valence electrons. The van der Waals surface area contributed by atoms with Crippen molar-refractivity contribution in [1.82, 2.24) is 4.57 Å². The lowest BCUT2D eigenvalue weighted by molar-refractivity contribution is 0.669. The molecule has 0 N–H and O–H groups in total. The van der Waals surface area contributed by atoms with Crippen molar-refractivity contribution in [3.63, 3.8) is 0 Å². The Morgan fingerprint density at radius 2 is 0.918 bits per heavy atom. The standard InChI is InChI=1S/C58H38N2O/c1-2-14-39(15-3-1)41-28-32-45(33-29-41)59(47-34-30-40-16-4-5-17-42(40)36-47)46-19-12-18-43(37-46)48-20-6-7-21-49(48)44-31-35-54-52(38-44)50-22-8-10-24-53(50)60(54)55-25-13-27-57-58(55)51-23-9-11-26-56(51)61-57/h1-38H. The number of aromatic nitrogens is 1. The molecule has 0 atom stereocenters. The molecule has 0 saturated heterocycles. The predicted octanol–water partition coefficient (Wildman–Crippen LogP) is 16.3. The second-order valence-corrected chi connectivity index (χ2v) is 15.7. The zero-order chi connectivity index (χ0) is 40.3. The minimum absolute atomic E-state index is 0.890. The summed E-state index contributed by atoms with van der Waals surface area (Å²) in [6.07, 6.45) is 0. The van der Waals surface area contributed by atoms with E-state index in [0.717, 1.165) is 55.8 Å². The van der Waals surface area contributed by atoms with E-state index < -0.39 is 0 Å². The maximum Gasteiger partial charge on any atom is 0.137 e. The molecule has 12 rings (SSSR count). The Labute approximate surface area is 353 Å². The molecule has 61 heavy (non-hydrogen) atoms. The van der Waals surface area contributed by atoms with Crippen LogP contribution in [0.2, 0.25) is 0 Å². The molecule has 0 bridgehead atoms. The highest BCUT2D eigenvalue weighted by atomic mass is 16.3. The summed E-state index contributed by atoms with van der Waals surface area (Å²) < 4.78 is 8.75. The van der Waals surface area contributed by atoms with Crippen LogP contribution in [0.5, 0.6) is 0 Å². The summed E-state index contributed by atoms with van der Waals surface area (Å²) in [5.41, 5.74) is 15.6. The van der Waals surface area contributed by atoms with Crippen molar-refractivity contribution in [1.29, 1.82) is 0 Å². The van der Waals surface area contributed by atoms with Gasteiger partial charge in [0.1, 0.15) is 11.2 Å². The lowest BCUT2D eigenvalue weighted by Gasteiger charge is -2.27. The molecule has 10 aromatic carbocycles. The van der Waals surface area contributed by atoms with Gasteiger partial charge < -0.3 is 13.9 Å². The van der Waals surface area contributed by atoms with E-state index in [1.165, 1.54) is 54.9 Å². The van der Waals surface area contributed by atoms with Gasteiger partial charge in [-0.25, -0.2) is 0 Å². The number of furan rings is 1. The molecule has 3 heteroatoms. The first-order valence-electron chi connectivity index (χ1n) is 20.8. The summed E-state index contributed by atoms with van der Waals surface area (Å²) >= 11 is 0. The van der Waals surface area contributed by atoms with E-state index in [1.807, 2.05) is 6.07 Å². The Morgan fingerprint density at radius 3 is 1.77 bits per heavy atom. The molecule has 0 aliphatic carbocycles. The number of benzene rings is 10. The third-order valence-electron chi connectivity index (χ3n) is 12.2. The predicted molar refractivity (Wildman–Crippen MR) is 257 cm³/mol. The molecule has 0 fully saturated rings. The van der Waals surface area contributed by atoms with Crippen LogP contribution >= 0.6 is 0 Å². The van der Waals surface area contributed by atoms with Crippen LogP contribution in [0.25, 0.3) is 93.6 Å². The van der Waals surface area contributed by atoms with Crippen LogP contribution < -0.4 is 4.90 Å². The summed E-state index contributed by atoms with van der Waals surface area (Å²) in [4.78, 5) is 2.37. The van der Waals surface area contributed by atoms with Crippen LogP contribution in [0, 0.1) is 0 Å². The molecule has 3 nitrogen and oxygen atoms in total. The highest BCUT2D eigenvalue weighted by Gasteiger charge is 2.20. The van der Waals surface area contributed by atoms with Crippen LogP contribution in [0.1, 0.15) is 0 Å². The minimum atomic E-state index is 0.890. The van der Waals surface area contributed by atoms with E-state index in [-0.39, 0.29) is 0 Å². The van der Waals surface area contributed by atoms with Crippen molar-refractivity contribution in [2.75, 3.05) is 4.90 Å². The Balaban J connectivity index is 0.989. The van der Waals surface area contributed by atoms with Crippen molar-refractivity contribution in [3.8, 4) is 39.1 Å². The molecule has 2 aromatic heterocycles. The summed E-state index contributed by atoms with van der Waals surface area (Å²) in [6, 6.07) is 83.0. The molecular formula is C58H38N2O. The lowest BCUT2D eigenvalue weighted by Crippen LogP contribution is -2.10. The Hall–Kier alpha value is -8.14. The largest absolute Gasteiger partial charge is 0.456 e. The SMILES string of the molecule is c1ccc(-c2ccc(N(c3cccc(-c4ccccc4-c4ccc5c(c4)c4ccccc4n5-c4cccc5oc6ccccc6c45)c3)c3ccc4ccccc4c3)cc2)cc1. The Bertz CT molecular complexity index is 3600. The van der Waals surface area contributed by atoms with Crippen molar-refractivity contribution in [2.24, 2.45) is 0 Å². The third-order valence-corrected chi connectivity index (χ3v) is 12.2. The van der Waals surface area contributed by atoms with Crippen molar-refractivity contribution in [2.45, 2.75) is 0 Å². The molecule has 0 aliphatic rings. The molecule has 0 unspecified atom stereocenters. The first-order valence-corrected chi connectivity index (χ1v) is 20.8. The molecule has 0 amide bonds. The third kappa shape index (κ3) is 5.90. The van der Waals surface area contributed by atoms with E-state index in [2.05, 4.69) is 234 Å². The zero-order valence-corrected chi connectivity index (χ0v) is 33.2. The van der Waals surface area contributed by atoms with Crippen LogP contribution in [-0.4, -0.2) is 4.57 Å². The van der Waals surface area contributed by atoms with E-state index >= 15 is 0 Å². The van der Waals surface area contributed by atoms with Gasteiger partial charge in [-0.15, -0.1) is 0 Å². The molecule has 0 aliphatic heterocycles. The number of anilines is 3. The van der Waals surface area contributed by atoms with Gasteiger partial charge in [-0.05, 0) is 117 Å². The van der Waals surface area contributed by atoms with Gasteiger partial charge in [0.25, 0.3) is 0 Å². The Morgan fingerprint density at radius 1 is 0.328 bits per heavy atom. The van der Waals surface area contributed by atoms with Crippen LogP contribution in [0.15, 0.2) is 235 Å². The zero-order valence-electron chi connectivity index (χ0n) is 33.2. The van der Waals surface area contributed by atoms with Gasteiger partial charge in [-0.3, -0.25) is 0 Å². The maximum atomic E-state index is 6.34. The van der Waals surface area contributed by atoms with E-state index in [1.54, 1.807) is 0 Å². The average molecular weight is 779 g/mol. The fraction of sp³-hybridized carbons (Fsp3) is 0. The second kappa shape index (κ2) is 14.3. The fourth-order valence-electron chi connectivity index (χ4n) is 9.34. The van der Waals surface area contributed by atoms with Gasteiger partial charge in [0.05, 0.1) is 22.1 Å². The summed E-state index contributed by atoms with van der Waals surface area (Å²) in [5, 5.41) is 7.10. The summed E-state index contributed by atoms with van der Waals surface area (Å²) in [7, 11) is 0. The van der Waals surface area contributed by atoms with Crippen molar-refractivity contribution < 1.29 is 4.42 Å². The van der Waals surface area contributed by atoms with Gasteiger partial charge in [-0.1, -0.05) is 158 Å². The van der Waals surface area contributed by atoms with Crippen molar-refractivity contribution in [3.05, 3.63) is 231 Å². The number of fused-ring (bicyclic) bond motifs is 7. The monoisotopic (exact) mass is 778 g/mol. The number of hydrogen-bond acceptors (Lipinski definition) is 2. The molecule has 12 aromatic rings. The van der Waals surface area contributed by atoms with Crippen molar-refractivity contribution >= 4 is 71.6 Å². The molecule has 0 saturated carbocycles. The molecule has 2 heterocycles. The fourth-order valence-corrected chi connectivity index (χ4v) is 9.34. The molecule has 0 spiro atoms. The molecule has 0 radical (unpaired) electrons. The first-order chi connectivity index (χ1) is 30.2. The average Bonchev–Trinajstić information content (AvgIpc) is 3.88. The Kier molecular flexibility index (Phi) is 8.17. The maximum absolute atomic E-state index is 6.34. The van der Waals surface area contributed by atoms with Gasteiger partial charge in [0.2, 0.25) is 0 Å². The van der Waals surface area contributed by atoms with Gasteiger partial charge in [-0.2, -0.15) is 0 Å². The van der Waals surface area contributed by atoms with E-state index in [4.69, 9.17) is 4.42 Å². The highest BCUT2D eigenvalue weighted by molar-refractivity contribution is 6.15. The van der Waals surface area contributed by atoms with Crippen LogP contribution in [-0.2, 0) is 0 Å². The summed E-state index contributed by atoms with van der Waals surface area (Å²) in [6.45, 7) is 0. The van der Waals surface area contributed by atoms with Gasteiger partial charge in [0, 0.05) is 33.2 Å². The van der Waals surface area contributed by atoms with Crippen LogP contribution in [0.3, 0.4) is 0 Å². The topological polar surface area (TPSA) is 21.3 Å². The number of para-hydroxylation sites is 2. The van der Waals surface area contributed by atoms with Gasteiger partial charge >= 0.3 is 0 Å². The first kappa shape index (κ1) is 34.9. The number of rotatable bonds is 7. The normalized spacial score (nSPS) is 11.6. The smallest absolute Gasteiger partial charge is 0.137 e. The quantitative estimate of drug-likeness (QED) is 0.161. The minimum Gasteiger partial charge on any atom is -0.456 e. The highest BCUT2D eigenvalue weighted by Crippen LogP contribution is 2.43. The van der Waals surface area contributed by atoms with Crippen LogP contribution in [0.4, 0.5) is 17.1 Å². The number of nitrogens with zero attached hydrogens (tertiary/aromatic N) is 2. The molecular weight excluding hydrogens is 741 g/mol. The number of hydrogen-bond donors (Lipinski definition) is 0. The van der Waals surface area contributed by atoms with E-state index in [0.29, 0.717) is 0 Å². The summed E-state index contributed by atoms with van der Waals surface area (Å²) in [5.74, 6) is 0.